The second-order valence-electron chi connectivity index (χ2n) is 6.86. The van der Waals surface area contributed by atoms with Gasteiger partial charge < -0.3 is 9.32 Å². The van der Waals surface area contributed by atoms with Crippen molar-refractivity contribution in [1.29, 1.82) is 0 Å². The Bertz CT molecular complexity index is 1110. The van der Waals surface area contributed by atoms with E-state index in [1.807, 2.05) is 61.5 Å². The van der Waals surface area contributed by atoms with E-state index in [0.29, 0.717) is 24.4 Å². The van der Waals surface area contributed by atoms with Gasteiger partial charge in [-0.25, -0.2) is 4.39 Å². The van der Waals surface area contributed by atoms with Crippen LogP contribution in [0.25, 0.3) is 10.8 Å². The first-order valence-electron chi connectivity index (χ1n) is 9.16. The first-order chi connectivity index (χ1) is 13.6. The molecule has 140 valence electrons. The molecular weight excluding hydrogens is 353 g/mol. The minimum absolute atomic E-state index is 0.0934. The van der Waals surface area contributed by atoms with Gasteiger partial charge in [0, 0.05) is 12.1 Å². The smallest absolute Gasteiger partial charge is 0.254 e. The van der Waals surface area contributed by atoms with E-state index in [1.54, 1.807) is 17.0 Å². The lowest BCUT2D eigenvalue weighted by atomic mass is 10.1. The standard InChI is InChI=1S/C24H20FNO2/c1-17-6-13-23(28-17)16-26(15-18-7-11-22(25)12-8-18)24(27)21-10-9-19-4-2-3-5-20(19)14-21/h2-14H,15-16H2,1H3. The third-order valence-corrected chi connectivity index (χ3v) is 4.71. The van der Waals surface area contributed by atoms with Gasteiger partial charge in [-0.15, -0.1) is 0 Å². The van der Waals surface area contributed by atoms with Crippen LogP contribution in [0.3, 0.4) is 0 Å². The second-order valence-corrected chi connectivity index (χ2v) is 6.86. The van der Waals surface area contributed by atoms with Crippen molar-refractivity contribution in [1.82, 2.24) is 4.90 Å². The van der Waals surface area contributed by atoms with Gasteiger partial charge in [0.2, 0.25) is 0 Å². The number of hydrogen-bond acceptors (Lipinski definition) is 2. The molecule has 0 spiro atoms. The van der Waals surface area contributed by atoms with Crippen LogP contribution in [-0.4, -0.2) is 10.8 Å². The molecule has 0 radical (unpaired) electrons. The summed E-state index contributed by atoms with van der Waals surface area (Å²) in [6.07, 6.45) is 0. The molecule has 0 saturated heterocycles. The summed E-state index contributed by atoms with van der Waals surface area (Å²) in [6, 6.07) is 23.6. The minimum Gasteiger partial charge on any atom is -0.464 e. The van der Waals surface area contributed by atoms with Crippen molar-refractivity contribution in [3.8, 4) is 0 Å². The molecule has 0 aliphatic heterocycles. The molecule has 28 heavy (non-hydrogen) atoms. The number of rotatable bonds is 5. The van der Waals surface area contributed by atoms with Crippen molar-refractivity contribution < 1.29 is 13.6 Å². The Labute approximate surface area is 163 Å². The molecule has 0 N–H and O–H groups in total. The van der Waals surface area contributed by atoms with Crippen LogP contribution in [0.15, 0.2) is 83.3 Å². The molecule has 0 saturated carbocycles. The van der Waals surface area contributed by atoms with Gasteiger partial charge in [0.15, 0.2) is 0 Å². The van der Waals surface area contributed by atoms with E-state index in [-0.39, 0.29) is 11.7 Å². The zero-order chi connectivity index (χ0) is 19.5. The highest BCUT2D eigenvalue weighted by atomic mass is 19.1. The first-order valence-corrected chi connectivity index (χ1v) is 9.16. The van der Waals surface area contributed by atoms with Gasteiger partial charge >= 0.3 is 0 Å². The number of carbonyl (C=O) groups is 1. The Hall–Kier alpha value is -3.40. The predicted molar refractivity (Wildman–Crippen MR) is 107 cm³/mol. The molecule has 4 heteroatoms. The third kappa shape index (κ3) is 3.96. The number of amides is 1. The number of aryl methyl sites for hydroxylation is 1. The van der Waals surface area contributed by atoms with E-state index in [9.17, 15) is 9.18 Å². The molecule has 0 atom stereocenters. The van der Waals surface area contributed by atoms with Gasteiger partial charge in [-0.1, -0.05) is 42.5 Å². The van der Waals surface area contributed by atoms with E-state index in [4.69, 9.17) is 4.42 Å². The van der Waals surface area contributed by atoms with Gasteiger partial charge in [-0.2, -0.15) is 0 Å². The van der Waals surface area contributed by atoms with E-state index in [2.05, 4.69) is 0 Å². The van der Waals surface area contributed by atoms with E-state index in [0.717, 1.165) is 22.1 Å². The van der Waals surface area contributed by atoms with Crippen LogP contribution in [-0.2, 0) is 13.1 Å². The highest BCUT2D eigenvalue weighted by Gasteiger charge is 2.18. The molecule has 3 aromatic carbocycles. The molecule has 0 bridgehead atoms. The Kier molecular flexibility index (Phi) is 4.94. The molecule has 1 amide bonds. The largest absolute Gasteiger partial charge is 0.464 e. The van der Waals surface area contributed by atoms with Gasteiger partial charge in [0.1, 0.15) is 17.3 Å². The maximum absolute atomic E-state index is 13.3. The number of halogens is 1. The van der Waals surface area contributed by atoms with Crippen LogP contribution in [0.2, 0.25) is 0 Å². The molecule has 4 rings (SSSR count). The quantitative estimate of drug-likeness (QED) is 0.448. The summed E-state index contributed by atoms with van der Waals surface area (Å²) in [6.45, 7) is 2.58. The van der Waals surface area contributed by atoms with Crippen molar-refractivity contribution in [3.05, 3.63) is 107 Å². The van der Waals surface area contributed by atoms with Crippen LogP contribution < -0.4 is 0 Å². The fourth-order valence-electron chi connectivity index (χ4n) is 3.27. The Balaban J connectivity index is 1.65. The molecule has 0 unspecified atom stereocenters. The normalized spacial score (nSPS) is 10.9. The van der Waals surface area contributed by atoms with Crippen molar-refractivity contribution >= 4 is 16.7 Å². The summed E-state index contributed by atoms with van der Waals surface area (Å²) in [5.41, 5.74) is 1.47. The van der Waals surface area contributed by atoms with Crippen molar-refractivity contribution in [2.24, 2.45) is 0 Å². The molecule has 4 aromatic rings. The molecule has 0 aliphatic rings. The average molecular weight is 373 g/mol. The zero-order valence-electron chi connectivity index (χ0n) is 15.6. The Morgan fingerprint density at radius 3 is 2.36 bits per heavy atom. The average Bonchev–Trinajstić information content (AvgIpc) is 3.13. The maximum Gasteiger partial charge on any atom is 0.254 e. The molecular formula is C24H20FNO2. The molecule has 1 heterocycles. The fourth-order valence-corrected chi connectivity index (χ4v) is 3.27. The van der Waals surface area contributed by atoms with Crippen molar-refractivity contribution in [3.63, 3.8) is 0 Å². The summed E-state index contributed by atoms with van der Waals surface area (Å²) in [5.74, 6) is 1.13. The van der Waals surface area contributed by atoms with Crippen molar-refractivity contribution in [2.75, 3.05) is 0 Å². The number of furan rings is 1. The van der Waals surface area contributed by atoms with Gasteiger partial charge in [0.05, 0.1) is 6.54 Å². The van der Waals surface area contributed by atoms with Gasteiger partial charge in [0.25, 0.3) is 5.91 Å². The summed E-state index contributed by atoms with van der Waals surface area (Å²) < 4.78 is 18.9. The molecule has 3 nitrogen and oxygen atoms in total. The van der Waals surface area contributed by atoms with Crippen LogP contribution in [0, 0.1) is 12.7 Å². The summed E-state index contributed by atoms with van der Waals surface area (Å²) in [5, 5.41) is 2.11. The summed E-state index contributed by atoms with van der Waals surface area (Å²) >= 11 is 0. The highest BCUT2D eigenvalue weighted by Crippen LogP contribution is 2.20. The molecule has 0 aliphatic carbocycles. The minimum atomic E-state index is -0.294. The van der Waals surface area contributed by atoms with Crippen molar-refractivity contribution in [2.45, 2.75) is 20.0 Å². The lowest BCUT2D eigenvalue weighted by Gasteiger charge is -2.22. The predicted octanol–water partition coefficient (Wildman–Crippen LogP) is 5.72. The maximum atomic E-state index is 13.3. The lowest BCUT2D eigenvalue weighted by molar-refractivity contribution is 0.0717. The molecule has 0 fully saturated rings. The Morgan fingerprint density at radius 1 is 0.893 bits per heavy atom. The number of carbonyl (C=O) groups excluding carboxylic acids is 1. The van der Waals surface area contributed by atoms with Crippen LogP contribution >= 0.6 is 0 Å². The van der Waals surface area contributed by atoms with E-state index < -0.39 is 0 Å². The Morgan fingerprint density at radius 2 is 1.64 bits per heavy atom. The fraction of sp³-hybridized carbons (Fsp3) is 0.125. The third-order valence-electron chi connectivity index (χ3n) is 4.71. The van der Waals surface area contributed by atoms with Crippen LogP contribution in [0.4, 0.5) is 4.39 Å². The second kappa shape index (κ2) is 7.69. The topological polar surface area (TPSA) is 33.5 Å². The van der Waals surface area contributed by atoms with E-state index >= 15 is 0 Å². The summed E-state index contributed by atoms with van der Waals surface area (Å²) in [7, 11) is 0. The number of fused-ring (bicyclic) bond motifs is 1. The summed E-state index contributed by atoms with van der Waals surface area (Å²) in [4.78, 5) is 15.0. The first kappa shape index (κ1) is 18.0. The van der Waals surface area contributed by atoms with Gasteiger partial charge in [-0.3, -0.25) is 4.79 Å². The van der Waals surface area contributed by atoms with E-state index in [1.165, 1.54) is 12.1 Å². The molecule has 1 aromatic heterocycles. The van der Waals surface area contributed by atoms with Crippen LogP contribution in [0.1, 0.15) is 27.4 Å². The van der Waals surface area contributed by atoms with Gasteiger partial charge in [-0.05, 0) is 59.7 Å². The zero-order valence-corrected chi connectivity index (χ0v) is 15.6. The number of nitrogens with zero attached hydrogens (tertiary/aromatic N) is 1. The van der Waals surface area contributed by atoms with Crippen LogP contribution in [0.5, 0.6) is 0 Å². The number of hydrogen-bond donors (Lipinski definition) is 0. The lowest BCUT2D eigenvalue weighted by Crippen LogP contribution is -2.30. The monoisotopic (exact) mass is 373 g/mol. The highest BCUT2D eigenvalue weighted by molar-refractivity contribution is 5.98. The SMILES string of the molecule is Cc1ccc(CN(Cc2ccc(F)cc2)C(=O)c2ccc3ccccc3c2)o1. The number of benzene rings is 3.